The fourth-order valence-corrected chi connectivity index (χ4v) is 2.70. The number of nitrogen functional groups attached to an aromatic ring is 1. The maximum atomic E-state index is 5.78. The highest BCUT2D eigenvalue weighted by molar-refractivity contribution is 6.00. The van der Waals surface area contributed by atoms with Crippen molar-refractivity contribution < 1.29 is 0 Å². The highest BCUT2D eigenvalue weighted by Crippen LogP contribution is 2.29. The molecule has 1 aromatic heterocycles. The molecule has 0 spiro atoms. The van der Waals surface area contributed by atoms with Gasteiger partial charge in [-0.15, -0.1) is 0 Å². The van der Waals surface area contributed by atoms with Gasteiger partial charge in [0.15, 0.2) is 0 Å². The van der Waals surface area contributed by atoms with Crippen molar-refractivity contribution in [2.24, 2.45) is 0 Å². The standard InChI is InChI=1S/C19H14N2/c20-16-10-8-13(9-11-16)17-6-3-5-15-12-14-4-1-2-7-18(14)21-19(15)17/h1-12H,20H2. The van der Waals surface area contributed by atoms with Crippen molar-refractivity contribution in [2.45, 2.75) is 0 Å². The van der Waals surface area contributed by atoms with E-state index < -0.39 is 0 Å². The minimum atomic E-state index is 0.775. The van der Waals surface area contributed by atoms with Crippen LogP contribution in [0.4, 0.5) is 5.69 Å². The van der Waals surface area contributed by atoms with Crippen LogP contribution in [0.2, 0.25) is 0 Å². The van der Waals surface area contributed by atoms with Crippen LogP contribution in [0, 0.1) is 0 Å². The SMILES string of the molecule is Nc1ccc(-c2cccc3cc4ccccc4nc23)cc1. The van der Waals surface area contributed by atoms with Gasteiger partial charge in [0.1, 0.15) is 0 Å². The van der Waals surface area contributed by atoms with E-state index in [0.29, 0.717) is 0 Å². The van der Waals surface area contributed by atoms with Crippen molar-refractivity contribution in [2.75, 3.05) is 5.73 Å². The lowest BCUT2D eigenvalue weighted by molar-refractivity contribution is 1.49. The van der Waals surface area contributed by atoms with E-state index in [1.54, 1.807) is 0 Å². The lowest BCUT2D eigenvalue weighted by Gasteiger charge is -2.08. The first-order valence-electron chi connectivity index (χ1n) is 6.96. The van der Waals surface area contributed by atoms with Crippen molar-refractivity contribution in [1.82, 2.24) is 4.98 Å². The zero-order valence-corrected chi connectivity index (χ0v) is 11.5. The average molecular weight is 270 g/mol. The predicted octanol–water partition coefficient (Wildman–Crippen LogP) is 4.64. The van der Waals surface area contributed by atoms with Gasteiger partial charge in [0.05, 0.1) is 11.0 Å². The van der Waals surface area contributed by atoms with Gasteiger partial charge >= 0.3 is 0 Å². The molecule has 100 valence electrons. The third kappa shape index (κ3) is 2.01. The molecular weight excluding hydrogens is 256 g/mol. The fourth-order valence-electron chi connectivity index (χ4n) is 2.70. The van der Waals surface area contributed by atoms with Gasteiger partial charge in [-0.25, -0.2) is 4.98 Å². The monoisotopic (exact) mass is 270 g/mol. The molecule has 21 heavy (non-hydrogen) atoms. The van der Waals surface area contributed by atoms with E-state index in [1.807, 2.05) is 36.4 Å². The Labute approximate surface area is 122 Å². The summed E-state index contributed by atoms with van der Waals surface area (Å²) in [5, 5.41) is 2.32. The van der Waals surface area contributed by atoms with E-state index in [-0.39, 0.29) is 0 Å². The van der Waals surface area contributed by atoms with E-state index in [1.165, 1.54) is 5.39 Å². The number of hydrogen-bond acceptors (Lipinski definition) is 2. The Hall–Kier alpha value is -2.87. The minimum absolute atomic E-state index is 0.775. The zero-order chi connectivity index (χ0) is 14.2. The molecule has 0 bridgehead atoms. The number of para-hydroxylation sites is 2. The van der Waals surface area contributed by atoms with Crippen molar-refractivity contribution in [3.63, 3.8) is 0 Å². The second-order valence-electron chi connectivity index (χ2n) is 5.18. The molecule has 0 radical (unpaired) electrons. The summed E-state index contributed by atoms with van der Waals surface area (Å²) in [5.41, 5.74) is 10.9. The summed E-state index contributed by atoms with van der Waals surface area (Å²) in [6.07, 6.45) is 0. The molecule has 0 atom stereocenters. The minimum Gasteiger partial charge on any atom is -0.399 e. The first kappa shape index (κ1) is 11.9. The van der Waals surface area contributed by atoms with Crippen molar-refractivity contribution in [3.05, 3.63) is 72.8 Å². The van der Waals surface area contributed by atoms with E-state index in [2.05, 4.69) is 36.4 Å². The number of benzene rings is 3. The van der Waals surface area contributed by atoms with Crippen LogP contribution in [-0.2, 0) is 0 Å². The first-order valence-corrected chi connectivity index (χ1v) is 6.96. The Morgan fingerprint density at radius 1 is 0.714 bits per heavy atom. The third-order valence-electron chi connectivity index (χ3n) is 3.77. The number of hydrogen-bond donors (Lipinski definition) is 1. The number of nitrogens with two attached hydrogens (primary N) is 1. The molecule has 0 saturated heterocycles. The summed E-state index contributed by atoms with van der Waals surface area (Å²) in [6.45, 7) is 0. The second kappa shape index (κ2) is 4.60. The van der Waals surface area contributed by atoms with Crippen LogP contribution in [0.3, 0.4) is 0 Å². The molecule has 0 aliphatic rings. The van der Waals surface area contributed by atoms with E-state index in [9.17, 15) is 0 Å². The highest BCUT2D eigenvalue weighted by atomic mass is 14.7. The molecule has 0 saturated carbocycles. The van der Waals surface area contributed by atoms with Crippen molar-refractivity contribution in [1.29, 1.82) is 0 Å². The quantitative estimate of drug-likeness (QED) is 0.404. The van der Waals surface area contributed by atoms with E-state index >= 15 is 0 Å². The molecule has 4 aromatic rings. The molecule has 1 heterocycles. The number of aromatic nitrogens is 1. The molecule has 0 aliphatic carbocycles. The maximum absolute atomic E-state index is 5.78. The van der Waals surface area contributed by atoms with Gasteiger partial charge in [-0.1, -0.05) is 48.5 Å². The van der Waals surface area contributed by atoms with Crippen LogP contribution in [-0.4, -0.2) is 4.98 Å². The van der Waals surface area contributed by atoms with Crippen LogP contribution in [0.5, 0.6) is 0 Å². The maximum Gasteiger partial charge on any atom is 0.0788 e. The van der Waals surface area contributed by atoms with Crippen LogP contribution >= 0.6 is 0 Å². The summed E-state index contributed by atoms with van der Waals surface area (Å²) >= 11 is 0. The predicted molar refractivity (Wildman–Crippen MR) is 89.1 cm³/mol. The zero-order valence-electron chi connectivity index (χ0n) is 11.5. The summed E-state index contributed by atoms with van der Waals surface area (Å²) in [6, 6.07) is 24.6. The number of pyridine rings is 1. The number of anilines is 1. The number of rotatable bonds is 1. The molecule has 3 aromatic carbocycles. The number of fused-ring (bicyclic) bond motifs is 2. The lowest BCUT2D eigenvalue weighted by atomic mass is 10.0. The normalized spacial score (nSPS) is 11.0. The Kier molecular flexibility index (Phi) is 2.61. The van der Waals surface area contributed by atoms with Crippen molar-refractivity contribution >= 4 is 27.5 Å². The van der Waals surface area contributed by atoms with Gasteiger partial charge < -0.3 is 5.73 Å². The summed E-state index contributed by atoms with van der Waals surface area (Å²) in [7, 11) is 0. The molecule has 2 N–H and O–H groups in total. The Bertz CT molecular complexity index is 940. The van der Waals surface area contributed by atoms with Crippen LogP contribution in [0.1, 0.15) is 0 Å². The van der Waals surface area contributed by atoms with Crippen LogP contribution in [0.15, 0.2) is 72.8 Å². The summed E-state index contributed by atoms with van der Waals surface area (Å²) in [4.78, 5) is 4.85. The number of nitrogens with zero attached hydrogens (tertiary/aromatic N) is 1. The summed E-state index contributed by atoms with van der Waals surface area (Å²) in [5.74, 6) is 0. The van der Waals surface area contributed by atoms with Gasteiger partial charge in [0.2, 0.25) is 0 Å². The Morgan fingerprint density at radius 3 is 2.33 bits per heavy atom. The van der Waals surface area contributed by atoms with Crippen LogP contribution < -0.4 is 5.73 Å². The molecule has 0 amide bonds. The molecule has 0 unspecified atom stereocenters. The van der Waals surface area contributed by atoms with Crippen LogP contribution in [0.25, 0.3) is 32.9 Å². The highest BCUT2D eigenvalue weighted by Gasteiger charge is 2.06. The lowest BCUT2D eigenvalue weighted by Crippen LogP contribution is -1.88. The fraction of sp³-hybridized carbons (Fsp3) is 0. The second-order valence-corrected chi connectivity index (χ2v) is 5.18. The Balaban J connectivity index is 2.04. The van der Waals surface area contributed by atoms with Crippen molar-refractivity contribution in [3.8, 4) is 11.1 Å². The average Bonchev–Trinajstić information content (AvgIpc) is 2.53. The van der Waals surface area contributed by atoms with Gasteiger partial charge in [-0.05, 0) is 29.8 Å². The van der Waals surface area contributed by atoms with Gasteiger partial charge in [0.25, 0.3) is 0 Å². The third-order valence-corrected chi connectivity index (χ3v) is 3.77. The largest absolute Gasteiger partial charge is 0.399 e. The topological polar surface area (TPSA) is 38.9 Å². The van der Waals surface area contributed by atoms with Gasteiger partial charge in [-0.3, -0.25) is 0 Å². The summed E-state index contributed by atoms with van der Waals surface area (Å²) < 4.78 is 0. The molecule has 0 fully saturated rings. The smallest absolute Gasteiger partial charge is 0.0788 e. The molecule has 4 rings (SSSR count). The van der Waals surface area contributed by atoms with E-state index in [0.717, 1.165) is 33.2 Å². The molecular formula is C19H14N2. The van der Waals surface area contributed by atoms with Gasteiger partial charge in [0, 0.05) is 22.0 Å². The Morgan fingerprint density at radius 2 is 1.48 bits per heavy atom. The van der Waals surface area contributed by atoms with Gasteiger partial charge in [-0.2, -0.15) is 0 Å². The molecule has 2 nitrogen and oxygen atoms in total. The first-order chi connectivity index (χ1) is 10.3. The molecule has 0 aliphatic heterocycles. The van der Waals surface area contributed by atoms with E-state index in [4.69, 9.17) is 10.7 Å². The molecule has 2 heteroatoms.